The lowest BCUT2D eigenvalue weighted by Gasteiger charge is -2.38. The predicted molar refractivity (Wildman–Crippen MR) is 106 cm³/mol. The van der Waals surface area contributed by atoms with Crippen molar-refractivity contribution >= 4 is 17.8 Å². The summed E-state index contributed by atoms with van der Waals surface area (Å²) >= 11 is 0. The summed E-state index contributed by atoms with van der Waals surface area (Å²) in [6.45, 7) is 0.702. The van der Waals surface area contributed by atoms with Crippen LogP contribution in [0.15, 0.2) is 54.6 Å². The maximum atomic E-state index is 13.3. The Morgan fingerprint density at radius 2 is 1.48 bits per heavy atom. The van der Waals surface area contributed by atoms with Gasteiger partial charge in [-0.15, -0.1) is 0 Å². The second kappa shape index (κ2) is 9.17. The lowest BCUT2D eigenvalue weighted by Crippen LogP contribution is -2.53. The molecule has 1 aliphatic heterocycles. The lowest BCUT2D eigenvalue weighted by atomic mass is 10.0. The molecule has 4 amide bonds. The normalized spacial score (nSPS) is 15.9. The van der Waals surface area contributed by atoms with Gasteiger partial charge in [-0.05, 0) is 17.7 Å². The number of halogens is 3. The molecular formula is C21H21F3N4O3. The van der Waals surface area contributed by atoms with E-state index in [1.54, 1.807) is 35.2 Å². The van der Waals surface area contributed by atoms with Crippen molar-refractivity contribution in [3.8, 4) is 0 Å². The van der Waals surface area contributed by atoms with Crippen molar-refractivity contribution in [1.82, 2.24) is 15.1 Å². The van der Waals surface area contributed by atoms with Crippen LogP contribution in [-0.2, 0) is 11.0 Å². The second-order valence-electron chi connectivity index (χ2n) is 7.04. The van der Waals surface area contributed by atoms with E-state index >= 15 is 0 Å². The Bertz CT molecular complexity index is 958. The summed E-state index contributed by atoms with van der Waals surface area (Å²) in [6.07, 6.45) is -4.64. The third-order valence-electron chi connectivity index (χ3n) is 5.04. The molecule has 2 aromatic rings. The molecule has 10 heteroatoms. The molecule has 0 aromatic heterocycles. The fourth-order valence-electron chi connectivity index (χ4n) is 3.62. The van der Waals surface area contributed by atoms with E-state index in [4.69, 9.17) is 5.73 Å². The van der Waals surface area contributed by atoms with Gasteiger partial charge >= 0.3 is 12.2 Å². The van der Waals surface area contributed by atoms with Gasteiger partial charge in [-0.2, -0.15) is 13.2 Å². The van der Waals surface area contributed by atoms with Crippen LogP contribution in [0, 0.1) is 0 Å². The number of nitrogens with one attached hydrogen (secondary N) is 1. The number of alkyl halides is 3. The summed E-state index contributed by atoms with van der Waals surface area (Å²) < 4.78 is 39.8. The molecule has 0 aliphatic carbocycles. The summed E-state index contributed by atoms with van der Waals surface area (Å²) in [6, 6.07) is 11.6. The van der Waals surface area contributed by atoms with Crippen LogP contribution in [-0.4, -0.2) is 53.8 Å². The van der Waals surface area contributed by atoms with Crippen molar-refractivity contribution in [1.29, 1.82) is 0 Å². The minimum atomic E-state index is -4.64. The number of urea groups is 1. The molecule has 31 heavy (non-hydrogen) atoms. The van der Waals surface area contributed by atoms with E-state index < -0.39 is 41.2 Å². The summed E-state index contributed by atoms with van der Waals surface area (Å²) in [5.41, 5.74) is 4.32. The van der Waals surface area contributed by atoms with Crippen molar-refractivity contribution < 1.29 is 27.6 Å². The number of primary amides is 1. The fourth-order valence-corrected chi connectivity index (χ4v) is 3.62. The minimum Gasteiger partial charge on any atom is -0.351 e. The third-order valence-corrected chi connectivity index (χ3v) is 5.04. The quantitative estimate of drug-likeness (QED) is 0.773. The van der Waals surface area contributed by atoms with E-state index in [2.05, 4.69) is 5.32 Å². The van der Waals surface area contributed by atoms with Crippen LogP contribution in [0.25, 0.3) is 0 Å². The van der Waals surface area contributed by atoms with Gasteiger partial charge in [0.05, 0.1) is 11.1 Å². The second-order valence-corrected chi connectivity index (χ2v) is 7.04. The number of piperazine rings is 1. The molecule has 1 atom stereocenters. The van der Waals surface area contributed by atoms with E-state index in [1.807, 2.05) is 0 Å². The van der Waals surface area contributed by atoms with E-state index in [9.17, 15) is 27.6 Å². The number of hydrogen-bond acceptors (Lipinski definition) is 4. The van der Waals surface area contributed by atoms with Gasteiger partial charge in [-0.1, -0.05) is 42.5 Å². The van der Waals surface area contributed by atoms with Crippen LogP contribution in [0.2, 0.25) is 0 Å². The van der Waals surface area contributed by atoms with Crippen molar-refractivity contribution in [2.45, 2.75) is 12.2 Å². The van der Waals surface area contributed by atoms with Crippen molar-refractivity contribution in [2.24, 2.45) is 5.73 Å². The molecule has 7 nitrogen and oxygen atoms in total. The molecular weight excluding hydrogens is 413 g/mol. The monoisotopic (exact) mass is 434 g/mol. The molecule has 0 bridgehead atoms. The summed E-state index contributed by atoms with van der Waals surface area (Å²) in [4.78, 5) is 39.6. The molecule has 1 unspecified atom stereocenters. The number of nitrogens with zero attached hydrogens (tertiary/aromatic N) is 2. The number of benzene rings is 2. The van der Waals surface area contributed by atoms with E-state index in [0.29, 0.717) is 5.56 Å². The molecule has 1 aliphatic rings. The minimum absolute atomic E-state index is 0.123. The predicted octanol–water partition coefficient (Wildman–Crippen LogP) is 2.40. The Kier molecular flexibility index (Phi) is 6.59. The number of carbonyl (C=O) groups is 3. The Morgan fingerprint density at radius 1 is 0.903 bits per heavy atom. The van der Waals surface area contributed by atoms with Crippen LogP contribution >= 0.6 is 0 Å². The Balaban J connectivity index is 1.76. The molecule has 0 saturated carbocycles. The molecule has 2 aromatic carbocycles. The van der Waals surface area contributed by atoms with E-state index in [1.165, 1.54) is 17.0 Å². The lowest BCUT2D eigenvalue weighted by molar-refractivity contribution is -0.138. The van der Waals surface area contributed by atoms with Gasteiger partial charge in [0.2, 0.25) is 5.91 Å². The standard InChI is InChI=1S/C21H21F3N4O3/c22-21(23,24)16-9-5-4-8-15(16)19(30)28-12-10-27(11-13-28)17(18(29)26-20(25)31)14-6-2-1-3-7-14/h1-9,17H,10-13H2,(H3,25,26,29,31). The first-order valence-electron chi connectivity index (χ1n) is 9.53. The highest BCUT2D eigenvalue weighted by atomic mass is 19.4. The zero-order valence-corrected chi connectivity index (χ0v) is 16.4. The molecule has 3 N–H and O–H groups in total. The molecule has 3 rings (SSSR count). The number of nitrogens with two attached hydrogens (primary N) is 1. The molecule has 1 fully saturated rings. The highest BCUT2D eigenvalue weighted by molar-refractivity contribution is 5.97. The Labute approximate surface area is 176 Å². The van der Waals surface area contributed by atoms with Gasteiger partial charge in [0.25, 0.3) is 5.91 Å². The van der Waals surface area contributed by atoms with Crippen LogP contribution in [0.1, 0.15) is 27.5 Å². The van der Waals surface area contributed by atoms with Gasteiger partial charge < -0.3 is 10.6 Å². The SMILES string of the molecule is NC(=O)NC(=O)C(c1ccccc1)N1CCN(C(=O)c2ccccc2C(F)(F)F)CC1. The van der Waals surface area contributed by atoms with Crippen molar-refractivity contribution in [2.75, 3.05) is 26.2 Å². The molecule has 164 valence electrons. The molecule has 1 heterocycles. The summed E-state index contributed by atoms with van der Waals surface area (Å²) in [5, 5.41) is 2.08. The van der Waals surface area contributed by atoms with E-state index in [0.717, 1.165) is 12.1 Å². The molecule has 0 spiro atoms. The third kappa shape index (κ3) is 5.21. The number of imide groups is 1. The van der Waals surface area contributed by atoms with E-state index in [-0.39, 0.29) is 26.2 Å². The van der Waals surface area contributed by atoms with Crippen molar-refractivity contribution in [3.05, 3.63) is 71.3 Å². The maximum absolute atomic E-state index is 13.3. The van der Waals surface area contributed by atoms with Crippen LogP contribution < -0.4 is 11.1 Å². The van der Waals surface area contributed by atoms with Gasteiger partial charge in [0.1, 0.15) is 6.04 Å². The average molecular weight is 434 g/mol. The average Bonchev–Trinajstić information content (AvgIpc) is 2.73. The number of amides is 4. The first kappa shape index (κ1) is 22.3. The zero-order chi connectivity index (χ0) is 22.6. The highest BCUT2D eigenvalue weighted by Crippen LogP contribution is 2.32. The summed E-state index contributed by atoms with van der Waals surface area (Å²) in [7, 11) is 0. The fraction of sp³-hybridized carbons (Fsp3) is 0.286. The largest absolute Gasteiger partial charge is 0.417 e. The van der Waals surface area contributed by atoms with Crippen LogP contribution in [0.4, 0.5) is 18.0 Å². The van der Waals surface area contributed by atoms with Gasteiger partial charge in [0.15, 0.2) is 0 Å². The number of carbonyl (C=O) groups excluding carboxylic acids is 3. The van der Waals surface area contributed by atoms with Gasteiger partial charge in [0, 0.05) is 26.2 Å². The van der Waals surface area contributed by atoms with Crippen LogP contribution in [0.3, 0.4) is 0 Å². The molecule has 1 saturated heterocycles. The van der Waals surface area contributed by atoms with Gasteiger partial charge in [-0.25, -0.2) is 4.79 Å². The van der Waals surface area contributed by atoms with Crippen LogP contribution in [0.5, 0.6) is 0 Å². The zero-order valence-electron chi connectivity index (χ0n) is 16.4. The first-order valence-corrected chi connectivity index (χ1v) is 9.53. The molecule has 0 radical (unpaired) electrons. The Hall–Kier alpha value is -3.40. The topological polar surface area (TPSA) is 95.7 Å². The Morgan fingerprint density at radius 3 is 2.06 bits per heavy atom. The highest BCUT2D eigenvalue weighted by Gasteiger charge is 2.37. The smallest absolute Gasteiger partial charge is 0.351 e. The number of hydrogen-bond donors (Lipinski definition) is 2. The summed E-state index contributed by atoms with van der Waals surface area (Å²) in [5.74, 6) is -1.33. The number of rotatable bonds is 4. The maximum Gasteiger partial charge on any atom is 0.417 e. The van der Waals surface area contributed by atoms with Gasteiger partial charge in [-0.3, -0.25) is 19.8 Å². The van der Waals surface area contributed by atoms with Crippen molar-refractivity contribution in [3.63, 3.8) is 0 Å². The first-order chi connectivity index (χ1) is 14.7.